The van der Waals surface area contributed by atoms with Gasteiger partial charge in [-0.15, -0.1) is 16.9 Å². The van der Waals surface area contributed by atoms with Gasteiger partial charge in [-0.3, -0.25) is 9.59 Å². The molecule has 1 aliphatic heterocycles. The summed E-state index contributed by atoms with van der Waals surface area (Å²) < 4.78 is 30.7. The lowest BCUT2D eigenvalue weighted by Crippen LogP contribution is -2.51. The third-order valence-electron chi connectivity index (χ3n) is 6.02. The van der Waals surface area contributed by atoms with Gasteiger partial charge in [0.1, 0.15) is 17.8 Å². The Hall–Kier alpha value is -2.77. The average Bonchev–Trinajstić information content (AvgIpc) is 3.27. The van der Waals surface area contributed by atoms with Crippen LogP contribution in [0.25, 0.3) is 5.78 Å². The zero-order valence-corrected chi connectivity index (χ0v) is 25.1. The highest BCUT2D eigenvalue weighted by Crippen LogP contribution is 2.28. The van der Waals surface area contributed by atoms with Crippen molar-refractivity contribution in [1.82, 2.24) is 24.1 Å². The second-order valence-corrected chi connectivity index (χ2v) is 11.7. The molecule has 2 aromatic heterocycles. The lowest BCUT2D eigenvalue weighted by atomic mass is 10.2. The van der Waals surface area contributed by atoms with Gasteiger partial charge in [0.2, 0.25) is 16.4 Å². The van der Waals surface area contributed by atoms with E-state index in [-0.39, 0.29) is 27.6 Å². The fraction of sp³-hybridized carbons (Fsp3) is 0.480. The van der Waals surface area contributed by atoms with Gasteiger partial charge in [-0.1, -0.05) is 18.5 Å². The topological polar surface area (TPSA) is 114 Å². The van der Waals surface area contributed by atoms with Crippen molar-refractivity contribution in [2.45, 2.75) is 51.2 Å². The van der Waals surface area contributed by atoms with Crippen molar-refractivity contribution in [3.05, 3.63) is 44.0 Å². The maximum Gasteiger partial charge on any atom is 0.410 e. The summed E-state index contributed by atoms with van der Waals surface area (Å²) in [5.74, 6) is -0.251. The van der Waals surface area contributed by atoms with Crippen LogP contribution in [0.5, 0.6) is 0 Å². The SMILES string of the molecule is [2H]C([2H])([2H])Sc1ccc(NC(=O)Cn2c(CC)c(N3CCN(C(=O)OC(C)(C)C)CC3)c(=O)n3nc(Br)nc23)c(Cl)c1. The molecular formula is C25H31BrClN7O4S. The standard InChI is InChI=1S/C25H31BrClN7O4S/c1-6-18-20(31-9-11-32(12-10-31)24(37)38-25(2,3)4)21(36)34-23(29-22(26)30-34)33(18)14-19(35)28-17-8-7-15(39-5)13-16(17)27/h7-8,13H,6,9-12,14H2,1-5H3,(H,28,35)/i5D3. The first kappa shape index (κ1) is 25.2. The molecule has 1 saturated heterocycles. The van der Waals surface area contributed by atoms with Gasteiger partial charge >= 0.3 is 6.09 Å². The highest BCUT2D eigenvalue weighted by Gasteiger charge is 2.30. The number of piperazine rings is 1. The molecule has 210 valence electrons. The monoisotopic (exact) mass is 642 g/mol. The largest absolute Gasteiger partial charge is 0.444 e. The van der Waals surface area contributed by atoms with Gasteiger partial charge in [0, 0.05) is 35.2 Å². The summed E-state index contributed by atoms with van der Waals surface area (Å²) in [6.45, 7) is 8.56. The zero-order valence-electron chi connectivity index (χ0n) is 25.0. The number of hydrogen-bond donors (Lipinski definition) is 1. The number of thioether (sulfide) groups is 1. The first-order chi connectivity index (χ1) is 19.6. The average molecular weight is 644 g/mol. The van der Waals surface area contributed by atoms with Crippen LogP contribution in [0.2, 0.25) is 5.02 Å². The number of carbonyl (C=O) groups is 2. The Morgan fingerprint density at radius 2 is 1.97 bits per heavy atom. The minimum atomic E-state index is -2.23. The molecular weight excluding hydrogens is 610 g/mol. The van der Waals surface area contributed by atoms with E-state index in [1.165, 1.54) is 6.07 Å². The lowest BCUT2D eigenvalue weighted by molar-refractivity contribution is -0.116. The summed E-state index contributed by atoms with van der Waals surface area (Å²) in [5.41, 5.74) is 0.277. The summed E-state index contributed by atoms with van der Waals surface area (Å²) in [4.78, 5) is 47.8. The summed E-state index contributed by atoms with van der Waals surface area (Å²) in [6.07, 6.45) is -2.23. The molecule has 3 aromatic rings. The molecule has 14 heteroatoms. The fourth-order valence-corrected chi connectivity index (χ4v) is 5.26. The van der Waals surface area contributed by atoms with Crippen molar-refractivity contribution >= 4 is 68.4 Å². The highest BCUT2D eigenvalue weighted by atomic mass is 79.9. The van der Waals surface area contributed by atoms with Gasteiger partial charge in [0.25, 0.3) is 5.56 Å². The van der Waals surface area contributed by atoms with Crippen LogP contribution in [-0.2, 0) is 22.5 Å². The van der Waals surface area contributed by atoms with E-state index in [2.05, 4.69) is 31.3 Å². The number of hydrogen-bond acceptors (Lipinski definition) is 8. The third kappa shape index (κ3) is 6.52. The molecule has 1 N–H and O–H groups in total. The van der Waals surface area contributed by atoms with Crippen molar-refractivity contribution < 1.29 is 18.4 Å². The van der Waals surface area contributed by atoms with Gasteiger partial charge < -0.3 is 24.4 Å². The van der Waals surface area contributed by atoms with Gasteiger partial charge in [-0.25, -0.2) is 4.79 Å². The van der Waals surface area contributed by atoms with Gasteiger partial charge in [0.15, 0.2) is 0 Å². The molecule has 0 bridgehead atoms. The number of anilines is 2. The van der Waals surface area contributed by atoms with Crippen LogP contribution in [0.1, 0.15) is 37.5 Å². The Morgan fingerprint density at radius 3 is 2.59 bits per heavy atom. The predicted molar refractivity (Wildman–Crippen MR) is 156 cm³/mol. The van der Waals surface area contributed by atoms with Crippen molar-refractivity contribution in [2.75, 3.05) is 42.6 Å². The molecule has 0 unspecified atom stereocenters. The van der Waals surface area contributed by atoms with Crippen LogP contribution >= 0.6 is 39.3 Å². The van der Waals surface area contributed by atoms with E-state index < -0.39 is 23.8 Å². The smallest absolute Gasteiger partial charge is 0.410 e. The molecule has 1 aliphatic rings. The van der Waals surface area contributed by atoms with E-state index in [0.29, 0.717) is 66.3 Å². The van der Waals surface area contributed by atoms with Crippen molar-refractivity contribution in [1.29, 1.82) is 0 Å². The Balaban J connectivity index is 1.61. The summed E-state index contributed by atoms with van der Waals surface area (Å²) in [7, 11) is 0. The zero-order chi connectivity index (χ0) is 31.0. The highest BCUT2D eigenvalue weighted by molar-refractivity contribution is 9.10. The van der Waals surface area contributed by atoms with E-state index in [1.54, 1.807) is 42.4 Å². The quantitative estimate of drug-likeness (QED) is 0.396. The minimum absolute atomic E-state index is 0.186. The van der Waals surface area contributed by atoms with Crippen LogP contribution < -0.4 is 15.8 Å². The number of benzene rings is 1. The van der Waals surface area contributed by atoms with E-state index in [1.807, 2.05) is 11.8 Å². The molecule has 11 nitrogen and oxygen atoms in total. The maximum absolute atomic E-state index is 13.6. The molecule has 3 heterocycles. The number of nitrogens with one attached hydrogen (secondary N) is 1. The van der Waals surface area contributed by atoms with E-state index in [0.717, 1.165) is 4.52 Å². The number of nitrogens with zero attached hydrogens (tertiary/aromatic N) is 6. The van der Waals surface area contributed by atoms with Gasteiger partial charge in [-0.2, -0.15) is 9.50 Å². The van der Waals surface area contributed by atoms with Gasteiger partial charge in [-0.05, 0) is 67.5 Å². The molecule has 0 atom stereocenters. The Labute approximate surface area is 248 Å². The second kappa shape index (κ2) is 11.8. The first-order valence-corrected chi connectivity index (χ1v) is 14.2. The fourth-order valence-electron chi connectivity index (χ4n) is 4.34. The van der Waals surface area contributed by atoms with E-state index in [9.17, 15) is 14.4 Å². The summed E-state index contributed by atoms with van der Waals surface area (Å²) in [6, 6.07) is 4.59. The van der Waals surface area contributed by atoms with E-state index >= 15 is 0 Å². The van der Waals surface area contributed by atoms with Crippen molar-refractivity contribution in [3.8, 4) is 0 Å². The second-order valence-electron chi connectivity index (χ2n) is 9.88. The number of amides is 2. The van der Waals surface area contributed by atoms with Crippen LogP contribution in [0, 0.1) is 0 Å². The van der Waals surface area contributed by atoms with Crippen molar-refractivity contribution in [3.63, 3.8) is 0 Å². The molecule has 0 radical (unpaired) electrons. The minimum Gasteiger partial charge on any atom is -0.444 e. The number of aromatic nitrogens is 4. The third-order valence-corrected chi connectivity index (χ3v) is 7.15. The Morgan fingerprint density at radius 1 is 1.26 bits per heavy atom. The van der Waals surface area contributed by atoms with Crippen LogP contribution in [0.4, 0.5) is 16.2 Å². The molecule has 0 saturated carbocycles. The number of ether oxygens (including phenoxy) is 1. The van der Waals surface area contributed by atoms with Crippen LogP contribution in [0.15, 0.2) is 32.6 Å². The molecule has 1 aromatic carbocycles. The first-order valence-electron chi connectivity index (χ1n) is 13.8. The Bertz CT molecular complexity index is 1570. The maximum atomic E-state index is 13.6. The summed E-state index contributed by atoms with van der Waals surface area (Å²) in [5, 5.41) is 7.16. The normalized spacial score (nSPS) is 15.6. The lowest BCUT2D eigenvalue weighted by Gasteiger charge is -2.37. The Kier molecular flexibility index (Phi) is 7.61. The number of fused-ring (bicyclic) bond motifs is 1. The molecule has 1 fully saturated rings. The van der Waals surface area contributed by atoms with Gasteiger partial charge in [0.05, 0.1) is 16.4 Å². The van der Waals surface area contributed by atoms with Crippen molar-refractivity contribution in [2.24, 2.45) is 0 Å². The molecule has 39 heavy (non-hydrogen) atoms. The predicted octanol–water partition coefficient (Wildman–Crippen LogP) is 4.29. The molecule has 2 amide bonds. The van der Waals surface area contributed by atoms with E-state index in [4.69, 9.17) is 20.5 Å². The molecule has 4 rings (SSSR count). The number of rotatable bonds is 6. The number of carbonyl (C=O) groups excluding carboxylic acids is 2. The van der Waals surface area contributed by atoms with Crippen LogP contribution in [-0.4, -0.2) is 74.0 Å². The number of halogens is 2. The summed E-state index contributed by atoms with van der Waals surface area (Å²) >= 11 is 10.3. The molecule has 0 aliphatic carbocycles. The molecule has 0 spiro atoms. The van der Waals surface area contributed by atoms with Crippen LogP contribution in [0.3, 0.4) is 0 Å².